The molecular weight excluding hydrogens is 372 g/mol. The number of nitrogen functional groups attached to an aromatic ring is 1. The van der Waals surface area contributed by atoms with Crippen molar-refractivity contribution in [1.29, 1.82) is 0 Å². The molecule has 9 nitrogen and oxygen atoms in total. The van der Waals surface area contributed by atoms with Crippen molar-refractivity contribution in [2.45, 2.75) is 13.5 Å². The fraction of sp³-hybridized carbons (Fsp3) is 0.500. The normalized spacial score (nSPS) is 16.3. The lowest BCUT2D eigenvalue weighted by atomic mass is 10.1. The summed E-state index contributed by atoms with van der Waals surface area (Å²) in [6, 6.07) is 6.13. The molecule has 156 valence electrons. The van der Waals surface area contributed by atoms with Crippen molar-refractivity contribution in [3.8, 4) is 11.5 Å². The van der Waals surface area contributed by atoms with Crippen molar-refractivity contribution < 1.29 is 14.6 Å². The van der Waals surface area contributed by atoms with E-state index < -0.39 is 0 Å². The monoisotopic (exact) mass is 400 g/mol. The van der Waals surface area contributed by atoms with Gasteiger partial charge in [0.05, 0.1) is 6.61 Å². The number of aromatic nitrogens is 2. The minimum Gasteiger partial charge on any atom is -0.454 e. The highest BCUT2D eigenvalue weighted by atomic mass is 16.7. The molecule has 1 aromatic heterocycles. The van der Waals surface area contributed by atoms with E-state index in [0.717, 1.165) is 56.6 Å². The Balaban J connectivity index is 1.39. The summed E-state index contributed by atoms with van der Waals surface area (Å²) in [5.74, 6) is 3.10. The number of piperazine rings is 1. The summed E-state index contributed by atoms with van der Waals surface area (Å²) in [4.78, 5) is 15.4. The van der Waals surface area contributed by atoms with Crippen molar-refractivity contribution in [3.63, 3.8) is 0 Å². The highest BCUT2D eigenvalue weighted by Gasteiger charge is 2.23. The Morgan fingerprint density at radius 1 is 1.14 bits per heavy atom. The van der Waals surface area contributed by atoms with E-state index in [2.05, 4.69) is 31.9 Å². The molecule has 0 amide bonds. The number of aliphatic hydroxyl groups excluding tert-OH is 1. The summed E-state index contributed by atoms with van der Waals surface area (Å²) in [5, 5.41) is 9.28. The van der Waals surface area contributed by atoms with Gasteiger partial charge in [0.2, 0.25) is 6.79 Å². The van der Waals surface area contributed by atoms with Gasteiger partial charge in [-0.15, -0.1) is 0 Å². The molecule has 2 aliphatic heterocycles. The third-order valence-electron chi connectivity index (χ3n) is 5.41. The topological polar surface area (TPSA) is 100 Å². The molecule has 0 radical (unpaired) electrons. The molecule has 0 saturated carbocycles. The second kappa shape index (κ2) is 8.71. The van der Waals surface area contributed by atoms with Crippen LogP contribution in [0.5, 0.6) is 11.5 Å². The van der Waals surface area contributed by atoms with E-state index in [9.17, 15) is 5.11 Å². The van der Waals surface area contributed by atoms with E-state index in [1.165, 1.54) is 5.56 Å². The van der Waals surface area contributed by atoms with Gasteiger partial charge in [0.1, 0.15) is 12.0 Å². The molecule has 0 bridgehead atoms. The van der Waals surface area contributed by atoms with Gasteiger partial charge in [-0.1, -0.05) is 6.07 Å². The van der Waals surface area contributed by atoms with Gasteiger partial charge in [0.15, 0.2) is 23.1 Å². The zero-order valence-corrected chi connectivity index (χ0v) is 16.8. The van der Waals surface area contributed by atoms with Gasteiger partial charge in [-0.05, 0) is 24.6 Å². The number of likely N-dealkylation sites (N-methyl/N-ethyl adjacent to an activating group) is 1. The smallest absolute Gasteiger partial charge is 0.231 e. The molecule has 1 fully saturated rings. The highest BCUT2D eigenvalue weighted by Crippen LogP contribution is 2.33. The van der Waals surface area contributed by atoms with Crippen LogP contribution in [-0.4, -0.2) is 72.6 Å². The third-order valence-corrected chi connectivity index (χ3v) is 5.41. The van der Waals surface area contributed by atoms with Gasteiger partial charge in [0.25, 0.3) is 0 Å². The predicted molar refractivity (Wildman–Crippen MR) is 111 cm³/mol. The molecule has 0 spiro atoms. The maximum absolute atomic E-state index is 9.28. The van der Waals surface area contributed by atoms with Crippen molar-refractivity contribution in [1.82, 2.24) is 14.9 Å². The van der Waals surface area contributed by atoms with Gasteiger partial charge in [-0.2, -0.15) is 0 Å². The summed E-state index contributed by atoms with van der Waals surface area (Å²) in [5.41, 5.74) is 8.19. The average molecular weight is 400 g/mol. The number of rotatable bonds is 7. The van der Waals surface area contributed by atoms with E-state index in [-0.39, 0.29) is 6.61 Å². The number of fused-ring (bicyclic) bond motifs is 1. The van der Waals surface area contributed by atoms with Crippen molar-refractivity contribution >= 4 is 17.3 Å². The fourth-order valence-corrected chi connectivity index (χ4v) is 3.83. The summed E-state index contributed by atoms with van der Waals surface area (Å²) in [6.45, 7) is 8.00. The summed E-state index contributed by atoms with van der Waals surface area (Å²) >= 11 is 0. The van der Waals surface area contributed by atoms with Gasteiger partial charge >= 0.3 is 0 Å². The number of nitrogens with two attached hydrogens (primary N) is 1. The average Bonchev–Trinajstić information content (AvgIpc) is 3.21. The number of benzene rings is 1. The standard InChI is InChI=1S/C20H28N6O3/c1-2-25(9-10-27)19-18(21)20(23-13-22-19)26-7-5-24(6-8-26)12-15-3-4-16-17(11-15)29-14-28-16/h3-4,11,13,27H,2,5-10,12,14,21H2,1H3. The molecular formula is C20H28N6O3. The first-order valence-electron chi connectivity index (χ1n) is 10.0. The molecule has 0 atom stereocenters. The molecule has 4 rings (SSSR count). The molecule has 3 N–H and O–H groups in total. The zero-order chi connectivity index (χ0) is 20.2. The van der Waals surface area contributed by atoms with Crippen LogP contribution in [0.1, 0.15) is 12.5 Å². The van der Waals surface area contributed by atoms with Gasteiger partial charge in [-0.25, -0.2) is 9.97 Å². The third kappa shape index (κ3) is 4.15. The van der Waals surface area contributed by atoms with Gasteiger partial charge in [0, 0.05) is 45.8 Å². The molecule has 9 heteroatoms. The van der Waals surface area contributed by atoms with Crippen LogP contribution in [0.15, 0.2) is 24.5 Å². The lowest BCUT2D eigenvalue weighted by Gasteiger charge is -2.36. The summed E-state index contributed by atoms with van der Waals surface area (Å²) in [7, 11) is 0. The van der Waals surface area contributed by atoms with Crippen LogP contribution in [0.4, 0.5) is 17.3 Å². The maximum atomic E-state index is 9.28. The Bertz CT molecular complexity index is 841. The number of hydrogen-bond donors (Lipinski definition) is 2. The second-order valence-electron chi connectivity index (χ2n) is 7.19. The van der Waals surface area contributed by atoms with E-state index in [4.69, 9.17) is 15.2 Å². The Hall–Kier alpha value is -2.78. The zero-order valence-electron chi connectivity index (χ0n) is 16.8. The van der Waals surface area contributed by atoms with Crippen molar-refractivity contribution in [2.75, 3.05) is 68.2 Å². The Morgan fingerprint density at radius 2 is 1.93 bits per heavy atom. The largest absolute Gasteiger partial charge is 0.454 e. The van der Waals surface area contributed by atoms with E-state index in [1.807, 2.05) is 17.9 Å². The van der Waals surface area contributed by atoms with Crippen LogP contribution in [-0.2, 0) is 6.54 Å². The van der Waals surface area contributed by atoms with E-state index in [1.54, 1.807) is 6.33 Å². The highest BCUT2D eigenvalue weighted by molar-refractivity contribution is 5.75. The van der Waals surface area contributed by atoms with E-state index >= 15 is 0 Å². The van der Waals surface area contributed by atoms with Crippen molar-refractivity contribution in [2.24, 2.45) is 0 Å². The molecule has 1 aromatic carbocycles. The van der Waals surface area contributed by atoms with Crippen LogP contribution in [0.2, 0.25) is 0 Å². The number of hydrogen-bond acceptors (Lipinski definition) is 9. The Labute approximate surface area is 170 Å². The molecule has 29 heavy (non-hydrogen) atoms. The lowest BCUT2D eigenvalue weighted by Crippen LogP contribution is -2.46. The van der Waals surface area contributed by atoms with Crippen molar-refractivity contribution in [3.05, 3.63) is 30.1 Å². The fourth-order valence-electron chi connectivity index (χ4n) is 3.83. The van der Waals surface area contributed by atoms with Crippen LogP contribution in [0.3, 0.4) is 0 Å². The Kier molecular flexibility index (Phi) is 5.86. The maximum Gasteiger partial charge on any atom is 0.231 e. The minimum atomic E-state index is 0.0607. The van der Waals surface area contributed by atoms with Crippen LogP contribution in [0, 0.1) is 0 Å². The molecule has 2 aromatic rings. The van der Waals surface area contributed by atoms with Gasteiger partial charge < -0.3 is 30.1 Å². The second-order valence-corrected chi connectivity index (χ2v) is 7.19. The first-order valence-corrected chi connectivity index (χ1v) is 10.0. The number of ether oxygens (including phenoxy) is 2. The predicted octanol–water partition coefficient (Wildman–Crippen LogP) is 0.928. The molecule has 3 heterocycles. The molecule has 1 saturated heterocycles. The molecule has 0 unspecified atom stereocenters. The SMILES string of the molecule is CCN(CCO)c1ncnc(N2CCN(Cc3ccc4c(c3)OCO4)CC2)c1N. The number of aliphatic hydroxyl groups is 1. The van der Waals surface area contributed by atoms with Crippen LogP contribution in [0.25, 0.3) is 0 Å². The quantitative estimate of drug-likeness (QED) is 0.703. The first-order chi connectivity index (χ1) is 14.2. The molecule has 0 aliphatic carbocycles. The summed E-state index contributed by atoms with van der Waals surface area (Å²) in [6.07, 6.45) is 1.56. The van der Waals surface area contributed by atoms with Gasteiger partial charge in [-0.3, -0.25) is 4.90 Å². The lowest BCUT2D eigenvalue weighted by molar-refractivity contribution is 0.174. The molecule has 2 aliphatic rings. The van der Waals surface area contributed by atoms with Crippen LogP contribution < -0.4 is 25.0 Å². The first kappa shape index (κ1) is 19.5. The number of anilines is 3. The van der Waals surface area contributed by atoms with Crippen LogP contribution >= 0.6 is 0 Å². The van der Waals surface area contributed by atoms with E-state index in [0.29, 0.717) is 24.8 Å². The Morgan fingerprint density at radius 3 is 2.69 bits per heavy atom. The minimum absolute atomic E-state index is 0.0607. The number of nitrogens with zero attached hydrogens (tertiary/aromatic N) is 5. The summed E-state index contributed by atoms with van der Waals surface area (Å²) < 4.78 is 10.9.